The van der Waals surface area contributed by atoms with Crippen LogP contribution in [-0.2, 0) is 6.61 Å². The molecule has 0 unspecified atom stereocenters. The molecule has 0 aliphatic carbocycles. The maximum atomic E-state index is 8.93. The third-order valence-electron chi connectivity index (χ3n) is 1.50. The summed E-state index contributed by atoms with van der Waals surface area (Å²) in [7, 11) is 0. The molecule has 0 aromatic heterocycles. The number of benzene rings is 1. The molecule has 3 heteroatoms. The molecule has 1 rings (SSSR count). The minimum atomic E-state index is 0.133. The largest absolute Gasteiger partial charge is 0.392 e. The number of aliphatic hydroxyl groups excluding tert-OH is 1. The molecule has 0 saturated carbocycles. The summed E-state index contributed by atoms with van der Waals surface area (Å²) < 4.78 is 2.36. The summed E-state index contributed by atoms with van der Waals surface area (Å²) in [6.07, 6.45) is 0. The molecule has 1 N–H and O–H groups in total. The zero-order valence-corrected chi connectivity index (χ0v) is 10.4. The first-order chi connectivity index (χ1) is 5.15. The van der Waals surface area contributed by atoms with E-state index in [1.54, 1.807) is 0 Å². The topological polar surface area (TPSA) is 20.2 Å². The SMILES string of the molecule is Cc1cc(I)c(CO)cc1I. The van der Waals surface area contributed by atoms with Gasteiger partial charge >= 0.3 is 0 Å². The first-order valence-electron chi connectivity index (χ1n) is 3.20. The fourth-order valence-corrected chi connectivity index (χ4v) is 2.13. The maximum absolute atomic E-state index is 8.93. The summed E-state index contributed by atoms with van der Waals surface area (Å²) in [5, 5.41) is 8.93. The molecule has 0 spiro atoms. The van der Waals surface area contributed by atoms with Crippen molar-refractivity contribution in [3.05, 3.63) is 30.4 Å². The van der Waals surface area contributed by atoms with Crippen LogP contribution in [0.2, 0.25) is 0 Å². The van der Waals surface area contributed by atoms with Crippen molar-refractivity contribution in [3.63, 3.8) is 0 Å². The predicted octanol–water partition coefficient (Wildman–Crippen LogP) is 2.70. The number of aliphatic hydroxyl groups is 1. The molecule has 1 aromatic rings. The lowest BCUT2D eigenvalue weighted by Crippen LogP contribution is -1.91. The third-order valence-corrected chi connectivity index (χ3v) is 3.66. The van der Waals surface area contributed by atoms with Crippen LogP contribution in [0, 0.1) is 14.1 Å². The summed E-state index contributed by atoms with van der Waals surface area (Å²) in [6, 6.07) is 4.12. The second-order valence-electron chi connectivity index (χ2n) is 2.35. The Morgan fingerprint density at radius 2 is 1.91 bits per heavy atom. The lowest BCUT2D eigenvalue weighted by Gasteiger charge is -2.03. The molecule has 0 amide bonds. The standard InChI is InChI=1S/C8H8I2O/c1-5-2-8(10)6(4-11)3-7(5)9/h2-3,11H,4H2,1H3. The van der Waals surface area contributed by atoms with Crippen molar-refractivity contribution in [2.24, 2.45) is 0 Å². The van der Waals surface area contributed by atoms with Crippen molar-refractivity contribution in [1.29, 1.82) is 0 Å². The predicted molar refractivity (Wildman–Crippen MR) is 62.5 cm³/mol. The number of rotatable bonds is 1. The highest BCUT2D eigenvalue weighted by Gasteiger charge is 2.01. The minimum Gasteiger partial charge on any atom is -0.392 e. The van der Waals surface area contributed by atoms with Gasteiger partial charge in [-0.25, -0.2) is 0 Å². The Labute approximate surface area is 93.5 Å². The van der Waals surface area contributed by atoms with Gasteiger partial charge in [0.25, 0.3) is 0 Å². The number of hydrogen-bond donors (Lipinski definition) is 1. The average Bonchev–Trinajstić information content (AvgIpc) is 1.97. The van der Waals surface area contributed by atoms with Gasteiger partial charge in [0.2, 0.25) is 0 Å². The number of hydrogen-bond acceptors (Lipinski definition) is 1. The van der Waals surface area contributed by atoms with Gasteiger partial charge < -0.3 is 5.11 Å². The molecule has 1 aromatic carbocycles. The van der Waals surface area contributed by atoms with Gasteiger partial charge in [-0.2, -0.15) is 0 Å². The van der Waals surface area contributed by atoms with Crippen molar-refractivity contribution in [2.75, 3.05) is 0 Å². The zero-order chi connectivity index (χ0) is 8.43. The molecule has 0 heterocycles. The van der Waals surface area contributed by atoms with Crippen LogP contribution in [0.4, 0.5) is 0 Å². The van der Waals surface area contributed by atoms with Gasteiger partial charge in [0.05, 0.1) is 6.61 Å². The van der Waals surface area contributed by atoms with Crippen LogP contribution in [0.3, 0.4) is 0 Å². The molecule has 60 valence electrons. The van der Waals surface area contributed by atoms with Crippen LogP contribution >= 0.6 is 45.2 Å². The summed E-state index contributed by atoms with van der Waals surface area (Å²) in [5.74, 6) is 0. The summed E-state index contributed by atoms with van der Waals surface area (Å²) >= 11 is 4.51. The molecule has 0 bridgehead atoms. The molecular weight excluding hydrogens is 366 g/mol. The van der Waals surface area contributed by atoms with Gasteiger partial charge in [0, 0.05) is 7.14 Å². The maximum Gasteiger partial charge on any atom is 0.0692 e. The molecule has 0 radical (unpaired) electrons. The van der Waals surface area contributed by atoms with Gasteiger partial charge in [-0.3, -0.25) is 0 Å². The Kier molecular flexibility index (Phi) is 3.57. The average molecular weight is 374 g/mol. The van der Waals surface area contributed by atoms with Gasteiger partial charge in [-0.05, 0) is 75.4 Å². The number of halogens is 2. The van der Waals surface area contributed by atoms with Crippen LogP contribution in [0.25, 0.3) is 0 Å². The van der Waals surface area contributed by atoms with Gasteiger partial charge in [0.15, 0.2) is 0 Å². The van der Waals surface area contributed by atoms with Crippen LogP contribution in [-0.4, -0.2) is 5.11 Å². The highest BCUT2D eigenvalue weighted by atomic mass is 127. The van der Waals surface area contributed by atoms with E-state index >= 15 is 0 Å². The van der Waals surface area contributed by atoms with E-state index in [2.05, 4.69) is 58.2 Å². The van der Waals surface area contributed by atoms with Crippen molar-refractivity contribution in [1.82, 2.24) is 0 Å². The van der Waals surface area contributed by atoms with Crippen molar-refractivity contribution >= 4 is 45.2 Å². The smallest absolute Gasteiger partial charge is 0.0692 e. The highest BCUT2D eigenvalue weighted by Crippen LogP contribution is 2.19. The molecule has 0 fully saturated rings. The van der Waals surface area contributed by atoms with E-state index in [0.29, 0.717) is 0 Å². The molecular formula is C8H8I2O. The summed E-state index contributed by atoms with van der Waals surface area (Å²) in [4.78, 5) is 0. The fraction of sp³-hybridized carbons (Fsp3) is 0.250. The second kappa shape index (κ2) is 4.04. The minimum absolute atomic E-state index is 0.133. The van der Waals surface area contributed by atoms with Crippen LogP contribution in [0.5, 0.6) is 0 Å². The van der Waals surface area contributed by atoms with Crippen molar-refractivity contribution in [3.8, 4) is 0 Å². The number of aryl methyl sites for hydroxylation is 1. The first kappa shape index (κ1) is 9.73. The van der Waals surface area contributed by atoms with E-state index in [4.69, 9.17) is 5.11 Å². The van der Waals surface area contributed by atoms with E-state index in [-0.39, 0.29) is 6.61 Å². The molecule has 11 heavy (non-hydrogen) atoms. The Morgan fingerprint density at radius 3 is 2.45 bits per heavy atom. The molecule has 0 aliphatic rings. The van der Waals surface area contributed by atoms with Crippen molar-refractivity contribution in [2.45, 2.75) is 13.5 Å². The monoisotopic (exact) mass is 374 g/mol. The lowest BCUT2D eigenvalue weighted by atomic mass is 10.2. The third kappa shape index (κ3) is 2.29. The van der Waals surface area contributed by atoms with Crippen LogP contribution in [0.1, 0.15) is 11.1 Å². The van der Waals surface area contributed by atoms with E-state index in [0.717, 1.165) is 9.13 Å². The Bertz CT molecular complexity index is 271. The van der Waals surface area contributed by atoms with E-state index < -0.39 is 0 Å². The molecule has 0 aliphatic heterocycles. The highest BCUT2D eigenvalue weighted by molar-refractivity contribution is 14.1. The normalized spacial score (nSPS) is 10.2. The Balaban J connectivity index is 3.21. The molecule has 1 nitrogen and oxygen atoms in total. The molecule has 0 atom stereocenters. The van der Waals surface area contributed by atoms with Crippen LogP contribution < -0.4 is 0 Å². The van der Waals surface area contributed by atoms with Gasteiger partial charge in [-0.15, -0.1) is 0 Å². The van der Waals surface area contributed by atoms with E-state index in [1.807, 2.05) is 6.07 Å². The fourth-order valence-electron chi connectivity index (χ4n) is 0.809. The van der Waals surface area contributed by atoms with E-state index in [9.17, 15) is 0 Å². The second-order valence-corrected chi connectivity index (χ2v) is 4.68. The van der Waals surface area contributed by atoms with E-state index in [1.165, 1.54) is 9.13 Å². The van der Waals surface area contributed by atoms with Gasteiger partial charge in [0.1, 0.15) is 0 Å². The summed E-state index contributed by atoms with van der Waals surface area (Å²) in [6.45, 7) is 2.21. The van der Waals surface area contributed by atoms with Crippen molar-refractivity contribution < 1.29 is 5.11 Å². The zero-order valence-electron chi connectivity index (χ0n) is 6.06. The van der Waals surface area contributed by atoms with Crippen LogP contribution in [0.15, 0.2) is 12.1 Å². The lowest BCUT2D eigenvalue weighted by molar-refractivity contribution is 0.281. The first-order valence-corrected chi connectivity index (χ1v) is 5.36. The quantitative estimate of drug-likeness (QED) is 0.750. The molecule has 0 saturated heterocycles. The Hall–Kier alpha value is 0.640. The summed E-state index contributed by atoms with van der Waals surface area (Å²) in [5.41, 5.74) is 2.28. The van der Waals surface area contributed by atoms with Gasteiger partial charge in [-0.1, -0.05) is 0 Å². The Morgan fingerprint density at radius 1 is 1.27 bits per heavy atom.